The molecule has 0 saturated carbocycles. The monoisotopic (exact) mass is 517 g/mol. The van der Waals surface area contributed by atoms with Crippen molar-refractivity contribution in [2.24, 2.45) is 5.92 Å². The van der Waals surface area contributed by atoms with Gasteiger partial charge in [0.05, 0.1) is 15.1 Å². The first-order valence-corrected chi connectivity index (χ1v) is 13.9. The van der Waals surface area contributed by atoms with Crippen molar-refractivity contribution in [1.29, 1.82) is 0 Å². The molecule has 2 aromatic carbocycles. The molecule has 2 aromatic heterocycles. The number of nitrogens with zero attached hydrogens (tertiary/aromatic N) is 2. The fourth-order valence-electron chi connectivity index (χ4n) is 3.89. The quantitative estimate of drug-likeness (QED) is 0.367. The Bertz CT molecular complexity index is 1370. The highest BCUT2D eigenvalue weighted by molar-refractivity contribution is 7.89. The molecule has 0 radical (unpaired) electrons. The molecule has 0 unspecified atom stereocenters. The Balaban J connectivity index is 1.25. The van der Waals surface area contributed by atoms with Gasteiger partial charge in [-0.2, -0.15) is 4.31 Å². The Morgan fingerprint density at radius 3 is 2.52 bits per heavy atom. The smallest absolute Gasteiger partial charge is 0.243 e. The number of thiazole rings is 1. The first-order chi connectivity index (χ1) is 15.9. The molecule has 0 bridgehead atoms. The number of fused-ring (bicyclic) bond motifs is 1. The Morgan fingerprint density at radius 2 is 1.79 bits per heavy atom. The number of piperidine rings is 1. The SMILES string of the molecule is O=C(Nc1sccc1-c1nc2ccccc2s1)C1CCN(S(=O)(=O)c2ccc(Cl)cc2)CC1. The zero-order valence-corrected chi connectivity index (χ0v) is 20.6. The van der Waals surface area contributed by atoms with Crippen molar-refractivity contribution in [3.05, 3.63) is 65.0 Å². The van der Waals surface area contributed by atoms with Crippen LogP contribution in [-0.4, -0.2) is 36.7 Å². The average molecular weight is 518 g/mol. The van der Waals surface area contributed by atoms with Crippen LogP contribution in [0.25, 0.3) is 20.8 Å². The number of aromatic nitrogens is 1. The highest BCUT2D eigenvalue weighted by atomic mass is 35.5. The summed E-state index contributed by atoms with van der Waals surface area (Å²) in [6.07, 6.45) is 0.945. The van der Waals surface area contributed by atoms with E-state index in [0.29, 0.717) is 31.0 Å². The summed E-state index contributed by atoms with van der Waals surface area (Å²) in [5.41, 5.74) is 1.85. The maximum atomic E-state index is 13.0. The fourth-order valence-corrected chi connectivity index (χ4v) is 7.34. The lowest BCUT2D eigenvalue weighted by atomic mass is 9.97. The highest BCUT2D eigenvalue weighted by Gasteiger charge is 2.32. The van der Waals surface area contributed by atoms with Gasteiger partial charge in [0.1, 0.15) is 10.0 Å². The number of benzene rings is 2. The van der Waals surface area contributed by atoms with Crippen LogP contribution in [-0.2, 0) is 14.8 Å². The second-order valence-corrected chi connectivity index (χ2v) is 12.1. The summed E-state index contributed by atoms with van der Waals surface area (Å²) < 4.78 is 28.3. The predicted octanol–water partition coefficient (Wildman–Crippen LogP) is 5.72. The van der Waals surface area contributed by atoms with E-state index >= 15 is 0 Å². The van der Waals surface area contributed by atoms with Gasteiger partial charge in [0.15, 0.2) is 0 Å². The minimum Gasteiger partial charge on any atom is -0.317 e. The van der Waals surface area contributed by atoms with Gasteiger partial charge in [0.25, 0.3) is 0 Å². The molecule has 6 nitrogen and oxygen atoms in total. The molecule has 1 aliphatic heterocycles. The van der Waals surface area contributed by atoms with Gasteiger partial charge >= 0.3 is 0 Å². The van der Waals surface area contributed by atoms with E-state index in [2.05, 4.69) is 5.32 Å². The molecule has 4 aromatic rings. The average Bonchev–Trinajstić information content (AvgIpc) is 3.46. The van der Waals surface area contributed by atoms with Crippen LogP contribution in [0.1, 0.15) is 12.8 Å². The van der Waals surface area contributed by atoms with E-state index in [1.807, 2.05) is 35.7 Å². The molecule has 0 spiro atoms. The summed E-state index contributed by atoms with van der Waals surface area (Å²) in [4.78, 5) is 17.9. The number of nitrogens with one attached hydrogen (secondary N) is 1. The van der Waals surface area contributed by atoms with Crippen molar-refractivity contribution in [1.82, 2.24) is 9.29 Å². The molecule has 1 fully saturated rings. The second-order valence-electron chi connectivity index (χ2n) is 7.77. The van der Waals surface area contributed by atoms with E-state index in [0.717, 1.165) is 25.8 Å². The predicted molar refractivity (Wildman–Crippen MR) is 134 cm³/mol. The molecule has 1 amide bonds. The Hall–Kier alpha value is -2.30. The molecule has 33 heavy (non-hydrogen) atoms. The minimum atomic E-state index is -3.60. The molecular weight excluding hydrogens is 498 g/mol. The largest absolute Gasteiger partial charge is 0.317 e. The van der Waals surface area contributed by atoms with Gasteiger partial charge in [-0.15, -0.1) is 22.7 Å². The first kappa shape index (κ1) is 22.5. The van der Waals surface area contributed by atoms with Crippen molar-refractivity contribution < 1.29 is 13.2 Å². The Morgan fingerprint density at radius 1 is 1.06 bits per heavy atom. The molecule has 1 aliphatic rings. The number of rotatable bonds is 5. The van der Waals surface area contributed by atoms with E-state index in [1.165, 1.54) is 27.8 Å². The van der Waals surface area contributed by atoms with Crippen LogP contribution in [0.15, 0.2) is 64.9 Å². The molecule has 0 aliphatic carbocycles. The second kappa shape index (κ2) is 9.15. The molecule has 5 rings (SSSR count). The van der Waals surface area contributed by atoms with Crippen molar-refractivity contribution >= 4 is 65.4 Å². The van der Waals surface area contributed by atoms with Crippen molar-refractivity contribution in [3.63, 3.8) is 0 Å². The Labute approximate surface area is 204 Å². The van der Waals surface area contributed by atoms with Crippen molar-refractivity contribution in [2.75, 3.05) is 18.4 Å². The van der Waals surface area contributed by atoms with E-state index in [1.54, 1.807) is 23.5 Å². The Kier molecular flexibility index (Phi) is 6.24. The molecule has 10 heteroatoms. The normalized spacial score (nSPS) is 15.7. The number of thiophene rings is 1. The third kappa shape index (κ3) is 4.56. The van der Waals surface area contributed by atoms with Gasteiger partial charge < -0.3 is 5.32 Å². The zero-order valence-electron chi connectivity index (χ0n) is 17.4. The number of sulfonamides is 1. The third-order valence-electron chi connectivity index (χ3n) is 5.70. The first-order valence-electron chi connectivity index (χ1n) is 10.4. The van der Waals surface area contributed by atoms with E-state index in [4.69, 9.17) is 16.6 Å². The maximum absolute atomic E-state index is 13.0. The summed E-state index contributed by atoms with van der Waals surface area (Å²) >= 11 is 8.94. The molecule has 1 N–H and O–H groups in total. The molecule has 1 saturated heterocycles. The third-order valence-corrected chi connectivity index (χ3v) is 9.77. The maximum Gasteiger partial charge on any atom is 0.243 e. The standard InChI is InChI=1S/C23H20ClN3O3S3/c24-16-5-7-17(8-6-16)33(29,30)27-12-9-15(10-13-27)21(28)26-22-18(11-14-31-22)23-25-19-3-1-2-4-20(19)32-23/h1-8,11,14-15H,9-10,12-13H2,(H,26,28). The minimum absolute atomic E-state index is 0.0802. The summed E-state index contributed by atoms with van der Waals surface area (Å²) in [5.74, 6) is -0.324. The molecule has 0 atom stereocenters. The van der Waals surface area contributed by atoms with E-state index in [9.17, 15) is 13.2 Å². The summed E-state index contributed by atoms with van der Waals surface area (Å²) in [7, 11) is -3.60. The van der Waals surface area contributed by atoms with Gasteiger partial charge in [0, 0.05) is 29.6 Å². The highest BCUT2D eigenvalue weighted by Crippen LogP contribution is 2.38. The topological polar surface area (TPSA) is 79.4 Å². The fraction of sp³-hybridized carbons (Fsp3) is 0.217. The lowest BCUT2D eigenvalue weighted by Crippen LogP contribution is -2.41. The number of carbonyl (C=O) groups is 1. The molecular formula is C23H20ClN3O3S3. The number of amides is 1. The summed E-state index contributed by atoms with van der Waals surface area (Å²) in [6.45, 7) is 0.608. The molecule has 170 valence electrons. The number of anilines is 1. The number of hydrogen-bond donors (Lipinski definition) is 1. The summed E-state index contributed by atoms with van der Waals surface area (Å²) in [5, 5.41) is 7.14. The number of carbonyl (C=O) groups excluding carboxylic acids is 1. The van der Waals surface area contributed by atoms with Crippen LogP contribution in [0.3, 0.4) is 0 Å². The van der Waals surface area contributed by atoms with Crippen LogP contribution < -0.4 is 5.32 Å². The van der Waals surface area contributed by atoms with Crippen LogP contribution in [0.5, 0.6) is 0 Å². The number of para-hydroxylation sites is 1. The number of halogens is 1. The van der Waals surface area contributed by atoms with Crippen molar-refractivity contribution in [2.45, 2.75) is 17.7 Å². The lowest BCUT2D eigenvalue weighted by molar-refractivity contribution is -0.120. The number of hydrogen-bond acceptors (Lipinski definition) is 6. The lowest BCUT2D eigenvalue weighted by Gasteiger charge is -2.30. The zero-order chi connectivity index (χ0) is 23.0. The molecule has 3 heterocycles. The van der Waals surface area contributed by atoms with Crippen LogP contribution >= 0.6 is 34.3 Å². The summed E-state index contributed by atoms with van der Waals surface area (Å²) in [6, 6.07) is 16.1. The van der Waals surface area contributed by atoms with Gasteiger partial charge in [0.2, 0.25) is 15.9 Å². The van der Waals surface area contributed by atoms with Gasteiger partial charge in [-0.25, -0.2) is 13.4 Å². The van der Waals surface area contributed by atoms with Gasteiger partial charge in [-0.3, -0.25) is 4.79 Å². The van der Waals surface area contributed by atoms with E-state index < -0.39 is 10.0 Å². The van der Waals surface area contributed by atoms with Gasteiger partial charge in [-0.1, -0.05) is 23.7 Å². The van der Waals surface area contributed by atoms with Crippen LogP contribution in [0.4, 0.5) is 5.00 Å². The van der Waals surface area contributed by atoms with Crippen LogP contribution in [0, 0.1) is 5.92 Å². The van der Waals surface area contributed by atoms with Gasteiger partial charge in [-0.05, 0) is 60.7 Å². The van der Waals surface area contributed by atoms with E-state index in [-0.39, 0.29) is 16.7 Å². The van der Waals surface area contributed by atoms with Crippen LogP contribution in [0.2, 0.25) is 5.02 Å². The van der Waals surface area contributed by atoms with Crippen molar-refractivity contribution in [3.8, 4) is 10.6 Å².